The molecule has 1 N–H and O–H groups in total. The maximum Gasteiger partial charge on any atom is 0.231 e. The summed E-state index contributed by atoms with van der Waals surface area (Å²) in [5.41, 5.74) is 1.82. The number of ether oxygens (including phenoxy) is 3. The lowest BCUT2D eigenvalue weighted by molar-refractivity contribution is -0.116. The standard InChI is InChI=1S/C18H19NO4/c1-2-21-15-7-5-14(6-8-15)19-18(20)10-4-13-3-9-16-17(11-13)23-12-22-16/h3,5-9,11H,2,4,10,12H2,1H3,(H,19,20). The Bertz CT molecular complexity index is 682. The van der Waals surface area contributed by atoms with E-state index in [1.54, 1.807) is 0 Å². The van der Waals surface area contributed by atoms with Crippen molar-refractivity contribution in [3.8, 4) is 17.2 Å². The summed E-state index contributed by atoms with van der Waals surface area (Å²) in [6.07, 6.45) is 1.06. The van der Waals surface area contributed by atoms with E-state index in [1.807, 2.05) is 49.4 Å². The Balaban J connectivity index is 1.51. The van der Waals surface area contributed by atoms with Gasteiger partial charge >= 0.3 is 0 Å². The van der Waals surface area contributed by atoms with Gasteiger partial charge in [-0.25, -0.2) is 0 Å². The summed E-state index contributed by atoms with van der Waals surface area (Å²) < 4.78 is 16.0. The average Bonchev–Trinajstić information content (AvgIpc) is 3.03. The van der Waals surface area contributed by atoms with E-state index >= 15 is 0 Å². The Morgan fingerprint density at radius 3 is 2.70 bits per heavy atom. The second-order valence-electron chi connectivity index (χ2n) is 5.19. The van der Waals surface area contributed by atoms with Crippen molar-refractivity contribution in [2.24, 2.45) is 0 Å². The smallest absolute Gasteiger partial charge is 0.231 e. The molecule has 0 aromatic heterocycles. The first kappa shape index (κ1) is 15.2. The number of rotatable bonds is 6. The molecular weight excluding hydrogens is 294 g/mol. The van der Waals surface area contributed by atoms with E-state index in [4.69, 9.17) is 14.2 Å². The van der Waals surface area contributed by atoms with E-state index in [0.717, 1.165) is 28.5 Å². The SMILES string of the molecule is CCOc1ccc(NC(=O)CCc2ccc3c(c2)OCO3)cc1. The predicted octanol–water partition coefficient (Wildman–Crippen LogP) is 3.39. The lowest BCUT2D eigenvalue weighted by Gasteiger charge is -2.07. The minimum Gasteiger partial charge on any atom is -0.494 e. The van der Waals surface area contributed by atoms with Gasteiger partial charge in [-0.3, -0.25) is 4.79 Å². The first-order valence-corrected chi connectivity index (χ1v) is 7.66. The molecule has 1 aliphatic heterocycles. The van der Waals surface area contributed by atoms with E-state index in [2.05, 4.69) is 5.32 Å². The molecule has 0 atom stereocenters. The molecule has 0 spiro atoms. The molecule has 2 aromatic rings. The highest BCUT2D eigenvalue weighted by atomic mass is 16.7. The second-order valence-corrected chi connectivity index (χ2v) is 5.19. The van der Waals surface area contributed by atoms with Crippen molar-refractivity contribution in [1.29, 1.82) is 0 Å². The maximum atomic E-state index is 12.0. The molecule has 5 heteroatoms. The van der Waals surface area contributed by atoms with Crippen molar-refractivity contribution in [3.05, 3.63) is 48.0 Å². The number of nitrogens with one attached hydrogen (secondary N) is 1. The summed E-state index contributed by atoms with van der Waals surface area (Å²) in [5, 5.41) is 2.88. The van der Waals surface area contributed by atoms with Gasteiger partial charge in [-0.2, -0.15) is 0 Å². The fraction of sp³-hybridized carbons (Fsp3) is 0.278. The van der Waals surface area contributed by atoms with Crippen LogP contribution in [0.2, 0.25) is 0 Å². The molecule has 2 aromatic carbocycles. The highest BCUT2D eigenvalue weighted by Gasteiger charge is 2.13. The molecule has 0 bridgehead atoms. The van der Waals surface area contributed by atoms with Crippen molar-refractivity contribution in [1.82, 2.24) is 0 Å². The van der Waals surface area contributed by atoms with Crippen LogP contribution in [-0.4, -0.2) is 19.3 Å². The topological polar surface area (TPSA) is 56.8 Å². The largest absolute Gasteiger partial charge is 0.494 e. The van der Waals surface area contributed by atoms with Gasteiger partial charge in [0.05, 0.1) is 6.61 Å². The molecule has 0 unspecified atom stereocenters. The highest BCUT2D eigenvalue weighted by Crippen LogP contribution is 2.32. The Morgan fingerprint density at radius 1 is 1.13 bits per heavy atom. The molecule has 1 amide bonds. The summed E-state index contributed by atoms with van der Waals surface area (Å²) >= 11 is 0. The highest BCUT2D eigenvalue weighted by molar-refractivity contribution is 5.90. The molecule has 120 valence electrons. The number of amides is 1. The maximum absolute atomic E-state index is 12.0. The van der Waals surface area contributed by atoms with E-state index in [-0.39, 0.29) is 12.7 Å². The van der Waals surface area contributed by atoms with Crippen molar-refractivity contribution < 1.29 is 19.0 Å². The number of fused-ring (bicyclic) bond motifs is 1. The lowest BCUT2D eigenvalue weighted by atomic mass is 10.1. The molecule has 5 nitrogen and oxygen atoms in total. The third-order valence-corrected chi connectivity index (χ3v) is 3.53. The van der Waals surface area contributed by atoms with Crippen LogP contribution in [0.5, 0.6) is 17.2 Å². The van der Waals surface area contributed by atoms with Crippen molar-refractivity contribution in [2.75, 3.05) is 18.7 Å². The van der Waals surface area contributed by atoms with Crippen LogP contribution in [0, 0.1) is 0 Å². The molecule has 23 heavy (non-hydrogen) atoms. The van der Waals surface area contributed by atoms with Crippen molar-refractivity contribution in [3.63, 3.8) is 0 Å². The Hall–Kier alpha value is -2.69. The van der Waals surface area contributed by atoms with Crippen molar-refractivity contribution >= 4 is 11.6 Å². The number of carbonyl (C=O) groups excluding carboxylic acids is 1. The molecule has 0 saturated carbocycles. The molecule has 3 rings (SSSR count). The van der Waals surface area contributed by atoms with Gasteiger partial charge in [-0.05, 0) is 55.3 Å². The summed E-state index contributed by atoms with van der Waals surface area (Å²) in [5.74, 6) is 2.28. The van der Waals surface area contributed by atoms with E-state index in [9.17, 15) is 4.79 Å². The molecule has 0 saturated heterocycles. The zero-order valence-electron chi connectivity index (χ0n) is 13.0. The predicted molar refractivity (Wildman–Crippen MR) is 87.1 cm³/mol. The van der Waals surface area contributed by atoms with Gasteiger partial charge in [0.15, 0.2) is 11.5 Å². The summed E-state index contributed by atoms with van der Waals surface area (Å²) in [6, 6.07) is 13.1. The van der Waals surface area contributed by atoms with Crippen molar-refractivity contribution in [2.45, 2.75) is 19.8 Å². The molecule has 1 aliphatic rings. The monoisotopic (exact) mass is 313 g/mol. The number of carbonyl (C=O) groups is 1. The normalized spacial score (nSPS) is 12.0. The van der Waals surface area contributed by atoms with Gasteiger partial charge in [-0.15, -0.1) is 0 Å². The Morgan fingerprint density at radius 2 is 1.91 bits per heavy atom. The van der Waals surface area contributed by atoms with Gasteiger partial charge < -0.3 is 19.5 Å². The quantitative estimate of drug-likeness (QED) is 0.888. The van der Waals surface area contributed by atoms with E-state index in [0.29, 0.717) is 19.4 Å². The summed E-state index contributed by atoms with van der Waals surface area (Å²) in [7, 11) is 0. The zero-order valence-corrected chi connectivity index (χ0v) is 13.0. The third kappa shape index (κ3) is 3.94. The van der Waals surface area contributed by atoms with Crippen LogP contribution < -0.4 is 19.5 Å². The number of benzene rings is 2. The molecule has 0 fully saturated rings. The lowest BCUT2D eigenvalue weighted by Crippen LogP contribution is -2.12. The first-order valence-electron chi connectivity index (χ1n) is 7.66. The van der Waals surface area contributed by atoms with E-state index in [1.165, 1.54) is 0 Å². The van der Waals surface area contributed by atoms with Crippen LogP contribution in [0.3, 0.4) is 0 Å². The number of aryl methyl sites for hydroxylation is 1. The van der Waals surface area contributed by atoms with Crippen LogP contribution in [0.15, 0.2) is 42.5 Å². The van der Waals surface area contributed by atoms with Gasteiger partial charge in [0.2, 0.25) is 12.7 Å². The first-order chi connectivity index (χ1) is 11.2. The minimum absolute atomic E-state index is 0.0215. The minimum atomic E-state index is -0.0215. The van der Waals surface area contributed by atoms with Gasteiger partial charge in [0.1, 0.15) is 5.75 Å². The second kappa shape index (κ2) is 7.05. The molecule has 0 radical (unpaired) electrons. The van der Waals surface area contributed by atoms with Gasteiger partial charge in [0, 0.05) is 12.1 Å². The number of hydrogen-bond acceptors (Lipinski definition) is 4. The third-order valence-electron chi connectivity index (χ3n) is 3.53. The van der Waals surface area contributed by atoms with Gasteiger partial charge in [-0.1, -0.05) is 6.07 Å². The summed E-state index contributed by atoms with van der Waals surface area (Å²) in [6.45, 7) is 2.82. The van der Waals surface area contributed by atoms with Crippen LogP contribution in [0.25, 0.3) is 0 Å². The van der Waals surface area contributed by atoms with Gasteiger partial charge in [0.25, 0.3) is 0 Å². The molecular formula is C18H19NO4. The number of anilines is 1. The number of hydrogen-bond donors (Lipinski definition) is 1. The zero-order chi connectivity index (χ0) is 16.1. The van der Waals surface area contributed by atoms with Crippen LogP contribution in [-0.2, 0) is 11.2 Å². The Labute approximate surface area is 135 Å². The summed E-state index contributed by atoms with van der Waals surface area (Å²) in [4.78, 5) is 12.0. The molecule has 1 heterocycles. The Kier molecular flexibility index (Phi) is 4.66. The fourth-order valence-electron chi connectivity index (χ4n) is 2.38. The fourth-order valence-corrected chi connectivity index (χ4v) is 2.38. The van der Waals surface area contributed by atoms with E-state index < -0.39 is 0 Å². The van der Waals surface area contributed by atoms with Crippen LogP contribution >= 0.6 is 0 Å². The average molecular weight is 313 g/mol. The van der Waals surface area contributed by atoms with Crippen LogP contribution in [0.4, 0.5) is 5.69 Å². The molecule has 0 aliphatic carbocycles. The van der Waals surface area contributed by atoms with Crippen LogP contribution in [0.1, 0.15) is 18.9 Å².